The fourth-order valence-electron chi connectivity index (χ4n) is 0.434. The van der Waals surface area contributed by atoms with Gasteiger partial charge in [-0.1, -0.05) is 0 Å². The molecule has 10 nitrogen and oxygen atoms in total. The second-order valence-corrected chi connectivity index (χ2v) is 4.94. The van der Waals surface area contributed by atoms with Crippen LogP contribution in [-0.4, -0.2) is 74.6 Å². The van der Waals surface area contributed by atoms with E-state index in [1.165, 1.54) is 0 Å². The van der Waals surface area contributed by atoms with Gasteiger partial charge in [0.2, 0.25) is 0 Å². The van der Waals surface area contributed by atoms with Gasteiger partial charge < -0.3 is 19.8 Å². The van der Waals surface area contributed by atoms with Crippen LogP contribution in [0.2, 0.25) is 0 Å². The number of rotatable bonds is 7. The summed E-state index contributed by atoms with van der Waals surface area (Å²) in [5.74, 6) is -1.54. The molecule has 148 valence electrons. The molecule has 0 bridgehead atoms. The van der Waals surface area contributed by atoms with Gasteiger partial charge in [-0.15, -0.1) is 23.4 Å². The molecule has 15 heteroatoms. The summed E-state index contributed by atoms with van der Waals surface area (Å²) in [5.41, 5.74) is 0. The number of thioether (sulfide) groups is 2. The van der Waals surface area contributed by atoms with Crippen molar-refractivity contribution in [2.75, 3.05) is 17.3 Å². The Balaban J connectivity index is -0.0000000282. The molecule has 0 N–H and O–H groups in total. The number of carbonyl (C=O) groups is 2. The molecule has 0 aliphatic rings. The van der Waals surface area contributed by atoms with Gasteiger partial charge in [-0.25, -0.2) is 0 Å². The molecule has 0 saturated heterocycles. The predicted octanol–water partition coefficient (Wildman–Crippen LogP) is -3.87. The molecule has 0 rings (SSSR count). The van der Waals surface area contributed by atoms with Gasteiger partial charge in [0.05, 0.1) is 11.9 Å². The summed E-state index contributed by atoms with van der Waals surface area (Å²) in [6.45, 7) is 27.0. The number of carboxylic acids is 2. The molecule has 0 aliphatic carbocycles. The van der Waals surface area contributed by atoms with Gasteiger partial charge in [0.25, 0.3) is 40.7 Å². The Hall–Kier alpha value is -0.725. The van der Waals surface area contributed by atoms with E-state index in [0.717, 1.165) is 23.5 Å². The van der Waals surface area contributed by atoms with Crippen molar-refractivity contribution in [2.24, 2.45) is 0 Å². The first kappa shape index (κ1) is 56.2. The molecule has 0 amide bonds. The molecule has 0 aliphatic heterocycles. The largest absolute Gasteiger partial charge is 1.00 e. The van der Waals surface area contributed by atoms with Crippen molar-refractivity contribution in [2.45, 2.75) is 4.71 Å². The number of aliphatic carboxylic acids is 2. The van der Waals surface area contributed by atoms with Crippen LogP contribution in [0.3, 0.4) is 0 Å². The molecule has 0 heterocycles. The molecule has 12 radical (unpaired) electrons. The standard InChI is InChI=1S/C6H9ClO4S2.6CO.2Re/c7-5(6(10)11)13-2-1-12-3-4(8)9;6*1-2;;/h5H,1-3H2,(H,8,9)(H,10,11);;;;;;;;/q;;;;;;;2*+1/p-2/t5-;;;;;;;;/m1......../s1. The van der Waals surface area contributed by atoms with Gasteiger partial charge in [0.1, 0.15) is 4.71 Å². The molecule has 1 atom stereocenters. The fourth-order valence-corrected chi connectivity index (χ4v) is 2.21. The van der Waals surface area contributed by atoms with E-state index in [9.17, 15) is 19.8 Å². The molecule has 27 heavy (non-hydrogen) atoms. The van der Waals surface area contributed by atoms with Crippen LogP contribution in [0.5, 0.6) is 0 Å². The molecule has 0 fully saturated rings. The first-order valence-electron chi connectivity index (χ1n) is 4.50. The SMILES string of the molecule is O=C([O-])CSCCS[C@@H](Cl)C(=O)[O-].[C]=O.[C]=O.[C]=O.[C]=O.[C]=O.[C]=O.[Re+].[Re+]. The Labute approximate surface area is 198 Å². The monoisotopic (exact) mass is 784 g/mol. The van der Waals surface area contributed by atoms with E-state index in [1.807, 2.05) is 0 Å². The van der Waals surface area contributed by atoms with Crippen molar-refractivity contribution in [3.05, 3.63) is 0 Å². The Morgan fingerprint density at radius 3 is 1.26 bits per heavy atom. The molecular weight excluding hydrogens is 776 g/mol. The zero-order valence-electron chi connectivity index (χ0n) is 12.7. The smallest absolute Gasteiger partial charge is 0.549 e. The van der Waals surface area contributed by atoms with Crippen LogP contribution >= 0.6 is 35.1 Å². The van der Waals surface area contributed by atoms with E-state index in [0.29, 0.717) is 11.5 Å². The van der Waals surface area contributed by atoms with Crippen LogP contribution in [0.4, 0.5) is 0 Å². The zero-order chi connectivity index (χ0) is 22.3. The Morgan fingerprint density at radius 2 is 1.04 bits per heavy atom. The summed E-state index contributed by atoms with van der Waals surface area (Å²) in [4.78, 5) is 65.0. The maximum Gasteiger partial charge on any atom is 1.00 e. The number of alkyl halides is 1. The van der Waals surface area contributed by atoms with E-state index < -0.39 is 16.6 Å². The summed E-state index contributed by atoms with van der Waals surface area (Å²) < 4.78 is -1.07. The van der Waals surface area contributed by atoms with Gasteiger partial charge in [0.15, 0.2) is 0 Å². The van der Waals surface area contributed by atoms with Crippen molar-refractivity contribution < 1.29 is 89.4 Å². The van der Waals surface area contributed by atoms with Crippen molar-refractivity contribution in [3.63, 3.8) is 0 Å². The number of hydrogen-bond acceptors (Lipinski definition) is 12. The zero-order valence-corrected chi connectivity index (χ0v) is 20.6. The van der Waals surface area contributed by atoms with E-state index in [2.05, 4.69) is 40.7 Å². The summed E-state index contributed by atoms with van der Waals surface area (Å²) in [5, 5.41) is 20.0. The van der Waals surface area contributed by atoms with Crippen LogP contribution < -0.4 is 10.2 Å². The quantitative estimate of drug-likeness (QED) is 0.181. The number of carboxylic acid groups (broad SMARTS) is 2. The second-order valence-electron chi connectivity index (χ2n) is 1.93. The Morgan fingerprint density at radius 1 is 0.741 bits per heavy atom. The topological polar surface area (TPSA) is 183 Å². The van der Waals surface area contributed by atoms with Crippen LogP contribution in [0.15, 0.2) is 0 Å². The fraction of sp³-hybridized carbons (Fsp3) is 0.333. The number of carbonyl (C=O) groups excluding carboxylic acids is 8. The minimum absolute atomic E-state index is 0. The number of halogens is 1. The van der Waals surface area contributed by atoms with Gasteiger partial charge in [0, 0.05) is 17.3 Å². The van der Waals surface area contributed by atoms with E-state index in [4.69, 9.17) is 40.4 Å². The van der Waals surface area contributed by atoms with Crippen molar-refractivity contribution >= 4 is 87.8 Å². The molecule has 0 aromatic rings. The maximum absolute atomic E-state index is 10.1. The van der Waals surface area contributed by atoms with E-state index >= 15 is 0 Å². The van der Waals surface area contributed by atoms with Gasteiger partial charge in [-0.2, -0.15) is 11.8 Å². The minimum atomic E-state index is -1.32. The molecular formula is C12H7ClO10Re2S2. The van der Waals surface area contributed by atoms with Gasteiger partial charge in [-0.05, 0) is 0 Å². The maximum atomic E-state index is 10.1. The summed E-state index contributed by atoms with van der Waals surface area (Å²) in [6, 6.07) is 0. The molecule has 0 saturated carbocycles. The Kier molecular flexibility index (Phi) is 176. The average Bonchev–Trinajstić information content (AvgIpc) is 2.70. The number of hydrogen-bond donors (Lipinski definition) is 0. The van der Waals surface area contributed by atoms with Gasteiger partial charge >= 0.3 is 40.8 Å². The summed E-state index contributed by atoms with van der Waals surface area (Å²) in [6.07, 6.45) is 0. The minimum Gasteiger partial charge on any atom is -0.549 e. The normalized spacial score (nSPS) is 6.85. The molecule has 0 unspecified atom stereocenters. The van der Waals surface area contributed by atoms with Crippen LogP contribution in [0.25, 0.3) is 0 Å². The van der Waals surface area contributed by atoms with Crippen LogP contribution in [0.1, 0.15) is 0 Å². The first-order valence-corrected chi connectivity index (χ1v) is 7.14. The predicted molar refractivity (Wildman–Crippen MR) is 83.6 cm³/mol. The van der Waals surface area contributed by atoms with Gasteiger partial charge in [-0.3, -0.25) is 28.8 Å². The summed E-state index contributed by atoms with van der Waals surface area (Å²) in [7, 11) is 0. The van der Waals surface area contributed by atoms with E-state index in [-0.39, 0.29) is 46.6 Å². The third-order valence-electron chi connectivity index (χ3n) is 0.897. The molecule has 0 aromatic carbocycles. The van der Waals surface area contributed by atoms with Crippen LogP contribution in [-0.2, 0) is 79.2 Å². The second kappa shape index (κ2) is 84.5. The Bertz CT molecular complexity index is 269. The summed E-state index contributed by atoms with van der Waals surface area (Å²) >= 11 is 7.49. The van der Waals surface area contributed by atoms with E-state index in [1.54, 1.807) is 0 Å². The third kappa shape index (κ3) is 108. The van der Waals surface area contributed by atoms with Crippen molar-refractivity contribution in [1.82, 2.24) is 0 Å². The van der Waals surface area contributed by atoms with Crippen molar-refractivity contribution in [3.8, 4) is 0 Å². The molecule has 0 spiro atoms. The average molecular weight is 783 g/mol. The molecule has 0 aromatic heterocycles. The first-order chi connectivity index (χ1) is 12.0. The van der Waals surface area contributed by atoms with Crippen LogP contribution in [0, 0.1) is 0 Å². The van der Waals surface area contributed by atoms with Crippen molar-refractivity contribution in [1.29, 1.82) is 0 Å². The third-order valence-corrected chi connectivity index (χ3v) is 3.57.